The van der Waals surface area contributed by atoms with Crippen LogP contribution < -0.4 is 10.2 Å². The molecule has 1 aromatic heterocycles. The molecule has 0 atom stereocenters. The number of aromatic nitrogens is 1. The van der Waals surface area contributed by atoms with Crippen LogP contribution in [0, 0.1) is 5.92 Å². The van der Waals surface area contributed by atoms with Crippen molar-refractivity contribution in [3.63, 3.8) is 0 Å². The summed E-state index contributed by atoms with van der Waals surface area (Å²) < 4.78 is 0. The number of pyridine rings is 1. The van der Waals surface area contributed by atoms with Crippen LogP contribution in [0.15, 0.2) is 48.7 Å². The normalized spacial score (nSPS) is 15.0. The largest absolute Gasteiger partial charge is 0.356 e. The van der Waals surface area contributed by atoms with E-state index in [1.165, 1.54) is 5.56 Å². The molecule has 0 saturated carbocycles. The maximum atomic E-state index is 12.7. The molecule has 28 heavy (non-hydrogen) atoms. The number of piperidine rings is 1. The maximum Gasteiger partial charge on any atom is 0.255 e. The number of nitrogens with one attached hydrogen (secondary N) is 1. The van der Waals surface area contributed by atoms with Crippen LogP contribution in [0.3, 0.4) is 0 Å². The third-order valence-corrected chi connectivity index (χ3v) is 5.38. The summed E-state index contributed by atoms with van der Waals surface area (Å²) in [5.74, 6) is 1.50. The average Bonchev–Trinajstić information content (AvgIpc) is 2.72. The second kappa shape index (κ2) is 10.2. The molecule has 5 heteroatoms. The summed E-state index contributed by atoms with van der Waals surface area (Å²) in [6, 6.07) is 14.5. The Hall–Kier alpha value is -2.40. The molecule has 2 aromatic rings. The molecule has 5 nitrogen and oxygen atoms in total. The zero-order valence-corrected chi connectivity index (χ0v) is 17.1. The van der Waals surface area contributed by atoms with Gasteiger partial charge in [0.2, 0.25) is 0 Å². The van der Waals surface area contributed by atoms with E-state index in [2.05, 4.69) is 50.4 Å². The second-order valence-corrected chi connectivity index (χ2v) is 7.91. The number of anilines is 1. The van der Waals surface area contributed by atoms with Crippen LogP contribution in [0.25, 0.3) is 0 Å². The topological polar surface area (TPSA) is 48.5 Å². The van der Waals surface area contributed by atoms with Gasteiger partial charge in [0.05, 0.1) is 5.56 Å². The van der Waals surface area contributed by atoms with Gasteiger partial charge in [-0.2, -0.15) is 0 Å². The van der Waals surface area contributed by atoms with Crippen molar-refractivity contribution < 1.29 is 4.79 Å². The van der Waals surface area contributed by atoms with Crippen LogP contribution in [-0.2, 0) is 6.42 Å². The minimum atomic E-state index is -0.0201. The minimum Gasteiger partial charge on any atom is -0.356 e. The monoisotopic (exact) mass is 380 g/mol. The molecule has 2 heterocycles. The second-order valence-electron chi connectivity index (χ2n) is 7.91. The number of nitrogens with zero attached hydrogens (tertiary/aromatic N) is 3. The Kier molecular flexibility index (Phi) is 7.43. The lowest BCUT2D eigenvalue weighted by atomic mass is 9.90. The first kappa shape index (κ1) is 20.3. The molecular formula is C23H32N4O. The van der Waals surface area contributed by atoms with E-state index >= 15 is 0 Å². The fourth-order valence-corrected chi connectivity index (χ4v) is 3.81. The van der Waals surface area contributed by atoms with E-state index in [0.717, 1.165) is 51.1 Å². The molecule has 150 valence electrons. The fraction of sp³-hybridized carbons (Fsp3) is 0.478. The van der Waals surface area contributed by atoms with Crippen LogP contribution in [0.1, 0.15) is 35.2 Å². The van der Waals surface area contributed by atoms with Gasteiger partial charge in [-0.3, -0.25) is 4.79 Å². The standard InChI is InChI=1S/C23H32N4O/c1-26(2)15-7-14-25-23(28)21-10-6-13-24-22(21)27-16-11-20(12-17-27)18-19-8-4-3-5-9-19/h3-6,8-10,13,20H,7,11-12,14-18H2,1-2H3,(H,25,28). The Morgan fingerprint density at radius 2 is 1.89 bits per heavy atom. The molecule has 1 fully saturated rings. The smallest absolute Gasteiger partial charge is 0.255 e. The van der Waals surface area contributed by atoms with Crippen molar-refractivity contribution in [3.8, 4) is 0 Å². The highest BCUT2D eigenvalue weighted by molar-refractivity contribution is 5.98. The number of hydrogen-bond acceptors (Lipinski definition) is 4. The predicted octanol–water partition coefficient (Wildman–Crippen LogP) is 3.22. The van der Waals surface area contributed by atoms with Crippen LogP contribution in [0.4, 0.5) is 5.82 Å². The van der Waals surface area contributed by atoms with Crippen LogP contribution >= 0.6 is 0 Å². The summed E-state index contributed by atoms with van der Waals surface area (Å²) in [6.45, 7) is 3.56. The van der Waals surface area contributed by atoms with Gasteiger partial charge in [-0.25, -0.2) is 4.98 Å². The Balaban J connectivity index is 1.55. The highest BCUT2D eigenvalue weighted by atomic mass is 16.1. The lowest BCUT2D eigenvalue weighted by Gasteiger charge is -2.33. The Bertz CT molecular complexity index is 739. The first-order chi connectivity index (χ1) is 13.6. The summed E-state index contributed by atoms with van der Waals surface area (Å²) in [5, 5.41) is 3.04. The van der Waals surface area contributed by atoms with Crippen molar-refractivity contribution in [2.24, 2.45) is 5.92 Å². The molecule has 1 aromatic carbocycles. The highest BCUT2D eigenvalue weighted by Gasteiger charge is 2.23. The molecule has 3 rings (SSSR count). The van der Waals surface area contributed by atoms with Crippen molar-refractivity contribution in [1.29, 1.82) is 0 Å². The van der Waals surface area contributed by atoms with Gasteiger partial charge in [-0.1, -0.05) is 30.3 Å². The molecule has 0 unspecified atom stereocenters. The predicted molar refractivity (Wildman–Crippen MR) is 115 cm³/mol. The number of hydrogen-bond donors (Lipinski definition) is 1. The lowest BCUT2D eigenvalue weighted by Crippen LogP contribution is -2.37. The minimum absolute atomic E-state index is 0.0201. The fourth-order valence-electron chi connectivity index (χ4n) is 3.81. The summed E-state index contributed by atoms with van der Waals surface area (Å²) in [6.07, 6.45) is 6.13. The van der Waals surface area contributed by atoms with E-state index in [0.29, 0.717) is 18.0 Å². The molecule has 0 radical (unpaired) electrons. The van der Waals surface area contributed by atoms with E-state index in [9.17, 15) is 4.79 Å². The van der Waals surface area contributed by atoms with E-state index in [-0.39, 0.29) is 5.91 Å². The van der Waals surface area contributed by atoms with Crippen molar-refractivity contribution >= 4 is 11.7 Å². The van der Waals surface area contributed by atoms with Gasteiger partial charge in [0.15, 0.2) is 0 Å². The first-order valence-electron chi connectivity index (χ1n) is 10.3. The first-order valence-corrected chi connectivity index (χ1v) is 10.3. The molecule has 1 aliphatic rings. The zero-order valence-electron chi connectivity index (χ0n) is 17.1. The third-order valence-electron chi connectivity index (χ3n) is 5.38. The van der Waals surface area contributed by atoms with Crippen LogP contribution in [-0.4, -0.2) is 56.1 Å². The molecule has 1 N–H and O–H groups in total. The van der Waals surface area contributed by atoms with Crippen LogP contribution in [0.2, 0.25) is 0 Å². The number of carbonyl (C=O) groups excluding carboxylic acids is 1. The van der Waals surface area contributed by atoms with Gasteiger partial charge < -0.3 is 15.1 Å². The molecule has 0 aliphatic carbocycles. The summed E-state index contributed by atoms with van der Waals surface area (Å²) in [5.41, 5.74) is 2.10. The molecular weight excluding hydrogens is 348 g/mol. The molecule has 0 spiro atoms. The summed E-state index contributed by atoms with van der Waals surface area (Å²) in [4.78, 5) is 21.6. The summed E-state index contributed by atoms with van der Waals surface area (Å²) in [7, 11) is 4.09. The Morgan fingerprint density at radius 1 is 1.14 bits per heavy atom. The van der Waals surface area contributed by atoms with Gasteiger partial charge in [-0.05, 0) is 69.9 Å². The molecule has 1 saturated heterocycles. The van der Waals surface area contributed by atoms with E-state index < -0.39 is 0 Å². The molecule has 1 aliphatic heterocycles. The SMILES string of the molecule is CN(C)CCCNC(=O)c1cccnc1N1CCC(Cc2ccccc2)CC1. The van der Waals surface area contributed by atoms with E-state index in [4.69, 9.17) is 0 Å². The van der Waals surface area contributed by atoms with Gasteiger partial charge in [0, 0.05) is 25.8 Å². The Labute approximate surface area is 168 Å². The maximum absolute atomic E-state index is 12.7. The number of rotatable bonds is 8. The van der Waals surface area contributed by atoms with Crippen LogP contribution in [0.5, 0.6) is 0 Å². The van der Waals surface area contributed by atoms with Gasteiger partial charge >= 0.3 is 0 Å². The number of carbonyl (C=O) groups is 1. The Morgan fingerprint density at radius 3 is 2.61 bits per heavy atom. The molecule has 0 bridgehead atoms. The van der Waals surface area contributed by atoms with Crippen molar-refractivity contribution in [2.45, 2.75) is 25.7 Å². The highest BCUT2D eigenvalue weighted by Crippen LogP contribution is 2.26. The van der Waals surface area contributed by atoms with Gasteiger partial charge in [-0.15, -0.1) is 0 Å². The quantitative estimate of drug-likeness (QED) is 0.715. The lowest BCUT2D eigenvalue weighted by molar-refractivity contribution is 0.0952. The third kappa shape index (κ3) is 5.80. The van der Waals surface area contributed by atoms with E-state index in [1.54, 1.807) is 6.20 Å². The average molecular weight is 381 g/mol. The van der Waals surface area contributed by atoms with Crippen molar-refractivity contribution in [3.05, 3.63) is 59.8 Å². The van der Waals surface area contributed by atoms with Crippen molar-refractivity contribution in [2.75, 3.05) is 45.2 Å². The summed E-state index contributed by atoms with van der Waals surface area (Å²) >= 11 is 0. The van der Waals surface area contributed by atoms with Gasteiger partial charge in [0.1, 0.15) is 5.82 Å². The zero-order chi connectivity index (χ0) is 19.8. The molecule has 1 amide bonds. The number of amides is 1. The van der Waals surface area contributed by atoms with Gasteiger partial charge in [0.25, 0.3) is 5.91 Å². The van der Waals surface area contributed by atoms with E-state index in [1.807, 2.05) is 26.2 Å². The van der Waals surface area contributed by atoms with Crippen molar-refractivity contribution in [1.82, 2.24) is 15.2 Å². The number of benzene rings is 1.